The number of fused-ring (bicyclic) bond motifs is 1. The van der Waals surface area contributed by atoms with Crippen molar-refractivity contribution in [3.05, 3.63) is 52.8 Å². The summed E-state index contributed by atoms with van der Waals surface area (Å²) in [6.45, 7) is 6.06. The number of anilines is 1. The number of hydrogen-bond donors (Lipinski definition) is 3. The molecule has 29 heavy (non-hydrogen) atoms. The number of hydrogen-bond acceptors (Lipinski definition) is 3. The number of amides is 1. The number of piperazine rings is 1. The van der Waals surface area contributed by atoms with Gasteiger partial charge in [-0.2, -0.15) is 0 Å². The van der Waals surface area contributed by atoms with Crippen LogP contribution in [0.3, 0.4) is 0 Å². The summed E-state index contributed by atoms with van der Waals surface area (Å²) < 4.78 is 24.5. The molecule has 0 aromatic heterocycles. The van der Waals surface area contributed by atoms with E-state index in [0.717, 1.165) is 44.0 Å². The lowest BCUT2D eigenvalue weighted by Crippen LogP contribution is -3.28. The van der Waals surface area contributed by atoms with Gasteiger partial charge >= 0.3 is 0 Å². The molecule has 2 aromatic rings. The first-order chi connectivity index (χ1) is 14.1. The Morgan fingerprint density at radius 2 is 1.83 bits per heavy atom. The van der Waals surface area contributed by atoms with Crippen molar-refractivity contribution in [2.75, 3.05) is 51.3 Å². The highest BCUT2D eigenvalue weighted by Crippen LogP contribution is 2.38. The molecule has 0 aliphatic carbocycles. The Morgan fingerprint density at radius 1 is 1.07 bits per heavy atom. The molecule has 2 aromatic carbocycles. The lowest BCUT2D eigenvalue weighted by molar-refractivity contribution is -1.02. The summed E-state index contributed by atoms with van der Waals surface area (Å²) in [6, 6.07) is 9.93. The Labute approximate surface area is 174 Å². The van der Waals surface area contributed by atoms with Gasteiger partial charge in [0.15, 0.2) is 18.0 Å². The highest BCUT2D eigenvalue weighted by molar-refractivity contribution is 6.32. The maximum atomic E-state index is 13.2. The van der Waals surface area contributed by atoms with Gasteiger partial charge < -0.3 is 24.6 Å². The van der Waals surface area contributed by atoms with Crippen molar-refractivity contribution in [3.63, 3.8) is 0 Å². The first-order valence-electron chi connectivity index (χ1n) is 9.87. The van der Waals surface area contributed by atoms with E-state index in [0.29, 0.717) is 36.2 Å². The van der Waals surface area contributed by atoms with Crippen molar-refractivity contribution < 1.29 is 28.5 Å². The maximum absolute atomic E-state index is 13.2. The predicted octanol–water partition coefficient (Wildman–Crippen LogP) is 0.172. The highest BCUT2D eigenvalue weighted by Gasteiger charge is 2.26. The lowest BCUT2D eigenvalue weighted by atomic mass is 10.1. The fraction of sp³-hybridized carbons (Fsp3) is 0.381. The normalized spacial score (nSPS) is 20.9. The standard InChI is InChI=1S/C21H23ClFN3O3/c22-18-10-15(11-19-21(18)29-9-8-28-19)13-25-4-6-26(7-5-25)14-20(27)24-17-3-1-2-16(23)12-17/h1-3,10-12H,4-9,13-14H2,(H,24,27)/p+2. The second-order valence-electron chi connectivity index (χ2n) is 7.51. The zero-order valence-electron chi connectivity index (χ0n) is 16.1. The smallest absolute Gasteiger partial charge is 0.279 e. The van der Waals surface area contributed by atoms with E-state index in [1.54, 1.807) is 12.1 Å². The number of carbonyl (C=O) groups is 1. The molecule has 3 N–H and O–H groups in total. The summed E-state index contributed by atoms with van der Waals surface area (Å²) in [7, 11) is 0. The summed E-state index contributed by atoms with van der Waals surface area (Å²) in [4.78, 5) is 14.9. The highest BCUT2D eigenvalue weighted by atomic mass is 35.5. The van der Waals surface area contributed by atoms with Crippen LogP contribution >= 0.6 is 11.6 Å². The second-order valence-corrected chi connectivity index (χ2v) is 7.92. The molecule has 0 unspecified atom stereocenters. The Kier molecular flexibility index (Phi) is 6.18. The molecule has 0 spiro atoms. The monoisotopic (exact) mass is 421 g/mol. The van der Waals surface area contributed by atoms with Gasteiger partial charge in [0.25, 0.3) is 5.91 Å². The average Bonchev–Trinajstić information content (AvgIpc) is 2.69. The number of carbonyl (C=O) groups excluding carboxylic acids is 1. The Morgan fingerprint density at radius 3 is 2.62 bits per heavy atom. The molecule has 0 bridgehead atoms. The quantitative estimate of drug-likeness (QED) is 0.645. The van der Waals surface area contributed by atoms with E-state index >= 15 is 0 Å². The van der Waals surface area contributed by atoms with Crippen molar-refractivity contribution in [2.45, 2.75) is 6.54 Å². The minimum Gasteiger partial charge on any atom is -0.486 e. The van der Waals surface area contributed by atoms with Crippen LogP contribution in [0.25, 0.3) is 0 Å². The lowest BCUT2D eigenvalue weighted by Gasteiger charge is -2.29. The van der Waals surface area contributed by atoms with E-state index in [1.807, 2.05) is 12.1 Å². The molecule has 4 rings (SSSR count). The van der Waals surface area contributed by atoms with E-state index < -0.39 is 0 Å². The summed E-state index contributed by atoms with van der Waals surface area (Å²) >= 11 is 6.34. The third kappa shape index (κ3) is 5.18. The van der Waals surface area contributed by atoms with Gasteiger partial charge in [-0.05, 0) is 30.3 Å². The second kappa shape index (κ2) is 8.98. The third-order valence-electron chi connectivity index (χ3n) is 5.29. The van der Waals surface area contributed by atoms with Crippen LogP contribution in [0, 0.1) is 5.82 Å². The van der Waals surface area contributed by atoms with Crippen LogP contribution in [0.5, 0.6) is 11.5 Å². The molecular weight excluding hydrogens is 397 g/mol. The van der Waals surface area contributed by atoms with Gasteiger partial charge in [-0.15, -0.1) is 0 Å². The van der Waals surface area contributed by atoms with Gasteiger partial charge in [0.2, 0.25) is 0 Å². The number of ether oxygens (including phenoxy) is 2. The number of rotatable bonds is 5. The van der Waals surface area contributed by atoms with Crippen LogP contribution in [0.4, 0.5) is 10.1 Å². The largest absolute Gasteiger partial charge is 0.486 e. The first-order valence-corrected chi connectivity index (χ1v) is 10.3. The molecule has 0 saturated carbocycles. The number of benzene rings is 2. The molecule has 2 heterocycles. The third-order valence-corrected chi connectivity index (χ3v) is 5.57. The van der Waals surface area contributed by atoms with Crippen molar-refractivity contribution >= 4 is 23.2 Å². The molecule has 154 valence electrons. The van der Waals surface area contributed by atoms with Crippen LogP contribution in [0.1, 0.15) is 5.56 Å². The zero-order chi connectivity index (χ0) is 20.2. The summed E-state index contributed by atoms with van der Waals surface area (Å²) in [5.41, 5.74) is 1.62. The number of nitrogens with one attached hydrogen (secondary N) is 3. The van der Waals surface area contributed by atoms with Crippen molar-refractivity contribution in [1.29, 1.82) is 0 Å². The van der Waals surface area contributed by atoms with Crippen LogP contribution < -0.4 is 24.6 Å². The Balaban J connectivity index is 1.26. The van der Waals surface area contributed by atoms with Crippen LogP contribution in [0.2, 0.25) is 5.02 Å². The molecule has 1 amide bonds. The maximum Gasteiger partial charge on any atom is 0.279 e. The fourth-order valence-electron chi connectivity index (χ4n) is 3.86. The molecule has 6 nitrogen and oxygen atoms in total. The zero-order valence-corrected chi connectivity index (χ0v) is 16.9. The summed E-state index contributed by atoms with van der Waals surface area (Å²) in [6.07, 6.45) is 0. The predicted molar refractivity (Wildman–Crippen MR) is 107 cm³/mol. The van der Waals surface area contributed by atoms with Crippen molar-refractivity contribution in [3.8, 4) is 11.5 Å². The molecule has 1 fully saturated rings. The van der Waals surface area contributed by atoms with Gasteiger partial charge in [-0.1, -0.05) is 17.7 Å². The van der Waals surface area contributed by atoms with Crippen molar-refractivity contribution in [1.82, 2.24) is 0 Å². The SMILES string of the molecule is O=C(C[NH+]1CC[NH+](Cc2cc(Cl)c3c(c2)OCCO3)CC1)Nc1cccc(F)c1. The fourth-order valence-corrected chi connectivity index (χ4v) is 4.15. The van der Waals surface area contributed by atoms with Gasteiger partial charge in [0.05, 0.1) is 5.02 Å². The van der Waals surface area contributed by atoms with Gasteiger partial charge in [0, 0.05) is 11.3 Å². The van der Waals surface area contributed by atoms with E-state index in [4.69, 9.17) is 21.1 Å². The van der Waals surface area contributed by atoms with Crippen molar-refractivity contribution in [2.24, 2.45) is 0 Å². The average molecular weight is 422 g/mol. The van der Waals surface area contributed by atoms with Crippen LogP contribution in [0.15, 0.2) is 36.4 Å². The Hall–Kier alpha value is -2.35. The molecular formula is C21H25ClFN3O3+2. The summed E-state index contributed by atoms with van der Waals surface area (Å²) in [5, 5.41) is 3.36. The van der Waals surface area contributed by atoms with Crippen LogP contribution in [-0.2, 0) is 11.3 Å². The summed E-state index contributed by atoms with van der Waals surface area (Å²) in [5.74, 6) is 0.908. The molecule has 1 saturated heterocycles. The van der Waals surface area contributed by atoms with E-state index in [-0.39, 0.29) is 11.7 Å². The van der Waals surface area contributed by atoms with E-state index in [2.05, 4.69) is 5.32 Å². The molecule has 0 atom stereocenters. The number of halogens is 2. The molecule has 2 aliphatic heterocycles. The van der Waals surface area contributed by atoms with Gasteiger partial charge in [0.1, 0.15) is 51.8 Å². The Bertz CT molecular complexity index is 887. The molecule has 8 heteroatoms. The van der Waals surface area contributed by atoms with Crippen LogP contribution in [-0.4, -0.2) is 51.8 Å². The van der Waals surface area contributed by atoms with E-state index in [9.17, 15) is 9.18 Å². The van der Waals surface area contributed by atoms with Gasteiger partial charge in [-0.25, -0.2) is 4.39 Å². The first kappa shape index (κ1) is 19.9. The minimum absolute atomic E-state index is 0.0901. The number of quaternary nitrogens is 2. The van der Waals surface area contributed by atoms with Gasteiger partial charge in [-0.3, -0.25) is 4.79 Å². The van der Waals surface area contributed by atoms with E-state index in [1.165, 1.54) is 21.9 Å². The molecule has 0 radical (unpaired) electrons. The topological polar surface area (TPSA) is 56.4 Å². The minimum atomic E-state index is -0.355. The molecule has 2 aliphatic rings.